The highest BCUT2D eigenvalue weighted by Gasteiger charge is 2.19. The van der Waals surface area contributed by atoms with E-state index in [4.69, 9.17) is 0 Å². The zero-order valence-electron chi connectivity index (χ0n) is 12.2. The van der Waals surface area contributed by atoms with E-state index < -0.39 is 0 Å². The third-order valence-electron chi connectivity index (χ3n) is 4.11. The number of anilines is 2. The van der Waals surface area contributed by atoms with Crippen molar-refractivity contribution in [3.8, 4) is 0 Å². The molecule has 0 saturated heterocycles. The van der Waals surface area contributed by atoms with Crippen molar-refractivity contribution in [3.05, 3.63) is 12.3 Å². The Kier molecular flexibility index (Phi) is 5.43. The van der Waals surface area contributed by atoms with Crippen molar-refractivity contribution in [1.29, 1.82) is 0 Å². The van der Waals surface area contributed by atoms with Gasteiger partial charge >= 0.3 is 0 Å². The molecule has 1 aliphatic rings. The predicted molar refractivity (Wildman–Crippen MR) is 80.4 cm³/mol. The van der Waals surface area contributed by atoms with E-state index in [-0.39, 0.29) is 0 Å². The lowest BCUT2D eigenvalue weighted by Gasteiger charge is -2.27. The minimum absolute atomic E-state index is 0.710. The number of nitrogens with one attached hydrogen (secondary N) is 2. The Morgan fingerprint density at radius 1 is 1.11 bits per heavy atom. The molecule has 0 spiro atoms. The lowest BCUT2D eigenvalue weighted by Crippen LogP contribution is -2.21. The van der Waals surface area contributed by atoms with Gasteiger partial charge in [0, 0.05) is 19.3 Å². The van der Waals surface area contributed by atoms with Crippen LogP contribution in [0.2, 0.25) is 0 Å². The lowest BCUT2D eigenvalue weighted by molar-refractivity contribution is 0.278. The maximum Gasteiger partial charge on any atom is 0.224 e. The molecular formula is C15H26N4. The van der Waals surface area contributed by atoms with Gasteiger partial charge in [0.25, 0.3) is 0 Å². The van der Waals surface area contributed by atoms with E-state index in [1.54, 1.807) is 6.20 Å². The van der Waals surface area contributed by atoms with Crippen molar-refractivity contribution in [2.24, 2.45) is 11.8 Å². The average Bonchev–Trinajstić information content (AvgIpc) is 2.46. The highest BCUT2D eigenvalue weighted by Crippen LogP contribution is 2.30. The molecule has 0 amide bonds. The van der Waals surface area contributed by atoms with E-state index in [0.29, 0.717) is 5.95 Å². The van der Waals surface area contributed by atoms with E-state index in [2.05, 4.69) is 34.4 Å². The number of hydrogen-bond acceptors (Lipinski definition) is 4. The van der Waals surface area contributed by atoms with Gasteiger partial charge in [-0.15, -0.1) is 0 Å². The minimum Gasteiger partial charge on any atom is -0.370 e. The molecule has 1 heterocycles. The number of nitrogens with zero attached hydrogens (tertiary/aromatic N) is 2. The first-order chi connectivity index (χ1) is 9.31. The monoisotopic (exact) mass is 262 g/mol. The average molecular weight is 262 g/mol. The van der Waals surface area contributed by atoms with Crippen LogP contribution in [-0.2, 0) is 0 Å². The van der Waals surface area contributed by atoms with E-state index in [1.807, 2.05) is 6.07 Å². The van der Waals surface area contributed by atoms with Gasteiger partial charge in [-0.2, -0.15) is 4.98 Å². The SMILES string of the molecule is CCNc1nccc(NCC2CCC(CC)CC2)n1. The second-order valence-electron chi connectivity index (χ2n) is 5.47. The molecule has 2 rings (SSSR count). The second-order valence-corrected chi connectivity index (χ2v) is 5.47. The molecule has 4 heteroatoms. The Bertz CT molecular complexity index is 372. The molecule has 2 N–H and O–H groups in total. The molecule has 0 atom stereocenters. The van der Waals surface area contributed by atoms with Crippen LogP contribution in [0.15, 0.2) is 12.3 Å². The van der Waals surface area contributed by atoms with Crippen LogP contribution >= 0.6 is 0 Å². The first kappa shape index (κ1) is 14.1. The van der Waals surface area contributed by atoms with E-state index in [9.17, 15) is 0 Å². The van der Waals surface area contributed by atoms with Crippen LogP contribution in [0.4, 0.5) is 11.8 Å². The smallest absolute Gasteiger partial charge is 0.224 e. The Labute approximate surface area is 116 Å². The van der Waals surface area contributed by atoms with Crippen LogP contribution < -0.4 is 10.6 Å². The molecule has 1 aromatic rings. The number of hydrogen-bond donors (Lipinski definition) is 2. The van der Waals surface area contributed by atoms with Crippen LogP contribution in [0.25, 0.3) is 0 Å². The van der Waals surface area contributed by atoms with E-state index in [1.165, 1.54) is 32.1 Å². The quantitative estimate of drug-likeness (QED) is 0.823. The zero-order chi connectivity index (χ0) is 13.5. The number of aromatic nitrogens is 2. The summed E-state index contributed by atoms with van der Waals surface area (Å²) in [6.45, 7) is 6.26. The van der Waals surface area contributed by atoms with Crippen LogP contribution in [0, 0.1) is 11.8 Å². The Balaban J connectivity index is 1.77. The highest BCUT2D eigenvalue weighted by molar-refractivity contribution is 5.39. The molecule has 0 radical (unpaired) electrons. The molecular weight excluding hydrogens is 236 g/mol. The van der Waals surface area contributed by atoms with Gasteiger partial charge in [0.05, 0.1) is 0 Å². The van der Waals surface area contributed by atoms with Gasteiger partial charge in [-0.25, -0.2) is 4.98 Å². The predicted octanol–water partition coefficient (Wildman–Crippen LogP) is 3.54. The first-order valence-corrected chi connectivity index (χ1v) is 7.62. The lowest BCUT2D eigenvalue weighted by atomic mass is 9.81. The Hall–Kier alpha value is -1.32. The molecule has 19 heavy (non-hydrogen) atoms. The third-order valence-corrected chi connectivity index (χ3v) is 4.11. The molecule has 0 aliphatic heterocycles. The van der Waals surface area contributed by atoms with Crippen molar-refractivity contribution < 1.29 is 0 Å². The molecule has 0 unspecified atom stereocenters. The van der Waals surface area contributed by atoms with Crippen LogP contribution in [0.3, 0.4) is 0 Å². The fraction of sp³-hybridized carbons (Fsp3) is 0.733. The van der Waals surface area contributed by atoms with Gasteiger partial charge in [-0.3, -0.25) is 0 Å². The summed E-state index contributed by atoms with van der Waals surface area (Å²) in [5.41, 5.74) is 0. The maximum atomic E-state index is 4.44. The molecule has 1 saturated carbocycles. The standard InChI is InChI=1S/C15H26N4/c1-3-12-5-7-13(8-6-12)11-18-14-9-10-17-15(19-14)16-4-2/h9-10,12-13H,3-8,11H2,1-2H3,(H2,16,17,18,19). The summed E-state index contributed by atoms with van der Waals surface area (Å²) in [4.78, 5) is 8.63. The fourth-order valence-corrected chi connectivity index (χ4v) is 2.79. The van der Waals surface area contributed by atoms with Gasteiger partial charge in [0.1, 0.15) is 5.82 Å². The molecule has 1 aromatic heterocycles. The van der Waals surface area contributed by atoms with Crippen molar-refractivity contribution in [3.63, 3.8) is 0 Å². The molecule has 0 aromatic carbocycles. The van der Waals surface area contributed by atoms with Crippen LogP contribution in [0.5, 0.6) is 0 Å². The largest absolute Gasteiger partial charge is 0.370 e. The van der Waals surface area contributed by atoms with Crippen molar-refractivity contribution in [2.75, 3.05) is 23.7 Å². The molecule has 106 valence electrons. The number of rotatable bonds is 6. The normalized spacial score (nSPS) is 23.1. The zero-order valence-corrected chi connectivity index (χ0v) is 12.2. The highest BCUT2D eigenvalue weighted by atomic mass is 15.1. The van der Waals surface area contributed by atoms with Crippen LogP contribution in [-0.4, -0.2) is 23.1 Å². The van der Waals surface area contributed by atoms with Gasteiger partial charge in [0.15, 0.2) is 0 Å². The first-order valence-electron chi connectivity index (χ1n) is 7.62. The molecule has 1 fully saturated rings. The third kappa shape index (κ3) is 4.37. The van der Waals surface area contributed by atoms with Gasteiger partial charge < -0.3 is 10.6 Å². The summed E-state index contributed by atoms with van der Waals surface area (Å²) in [6.07, 6.45) is 8.66. The minimum atomic E-state index is 0.710. The molecule has 1 aliphatic carbocycles. The van der Waals surface area contributed by atoms with Crippen molar-refractivity contribution in [2.45, 2.75) is 46.0 Å². The van der Waals surface area contributed by atoms with E-state index >= 15 is 0 Å². The van der Waals surface area contributed by atoms with Crippen molar-refractivity contribution in [1.82, 2.24) is 9.97 Å². The summed E-state index contributed by atoms with van der Waals surface area (Å²) in [5.74, 6) is 3.42. The summed E-state index contributed by atoms with van der Waals surface area (Å²) in [5, 5.41) is 6.59. The molecule has 4 nitrogen and oxygen atoms in total. The van der Waals surface area contributed by atoms with Gasteiger partial charge in [-0.05, 0) is 37.7 Å². The summed E-state index contributed by atoms with van der Waals surface area (Å²) >= 11 is 0. The molecule has 0 bridgehead atoms. The fourth-order valence-electron chi connectivity index (χ4n) is 2.79. The summed E-state index contributed by atoms with van der Waals surface area (Å²) < 4.78 is 0. The summed E-state index contributed by atoms with van der Waals surface area (Å²) in [7, 11) is 0. The second kappa shape index (κ2) is 7.31. The Morgan fingerprint density at radius 2 is 1.84 bits per heavy atom. The summed E-state index contributed by atoms with van der Waals surface area (Å²) in [6, 6.07) is 1.94. The topological polar surface area (TPSA) is 49.8 Å². The van der Waals surface area contributed by atoms with Gasteiger partial charge in [0.2, 0.25) is 5.95 Å². The van der Waals surface area contributed by atoms with Crippen molar-refractivity contribution >= 4 is 11.8 Å². The maximum absolute atomic E-state index is 4.44. The van der Waals surface area contributed by atoms with Gasteiger partial charge in [-0.1, -0.05) is 26.2 Å². The van der Waals surface area contributed by atoms with Crippen LogP contribution in [0.1, 0.15) is 46.0 Å². The van der Waals surface area contributed by atoms with E-state index in [0.717, 1.165) is 30.7 Å². The Morgan fingerprint density at radius 3 is 2.53 bits per heavy atom.